The fourth-order valence-electron chi connectivity index (χ4n) is 2.90. The van der Waals surface area contributed by atoms with Crippen LogP contribution in [-0.2, 0) is 25.9 Å². The molecule has 0 unspecified atom stereocenters. The fraction of sp³-hybridized carbons (Fsp3) is 0.286. The highest BCUT2D eigenvalue weighted by Gasteiger charge is 2.14. The molecule has 0 aliphatic carbocycles. The lowest BCUT2D eigenvalue weighted by Gasteiger charge is -2.06. The van der Waals surface area contributed by atoms with E-state index in [2.05, 4.69) is 9.73 Å². The Labute approximate surface area is 183 Å². The Hall–Kier alpha value is -2.82. The molecule has 0 saturated heterocycles. The summed E-state index contributed by atoms with van der Waals surface area (Å²) in [5.74, 6) is -0.965. The predicted octanol–water partition coefficient (Wildman–Crippen LogP) is 2.67. The Bertz CT molecular complexity index is 1290. The molecule has 0 atom stereocenters. The Balaban J connectivity index is 2.05. The highest BCUT2D eigenvalue weighted by Crippen LogP contribution is 2.22. The van der Waals surface area contributed by atoms with E-state index in [0.29, 0.717) is 40.4 Å². The molecule has 1 aromatic heterocycles. The summed E-state index contributed by atoms with van der Waals surface area (Å²) >= 11 is 1.23. The molecule has 0 radical (unpaired) electrons. The van der Waals surface area contributed by atoms with Crippen molar-refractivity contribution in [2.24, 2.45) is 4.99 Å². The van der Waals surface area contributed by atoms with E-state index in [1.54, 1.807) is 18.2 Å². The highest BCUT2D eigenvalue weighted by atomic mass is 32.2. The second-order valence-corrected chi connectivity index (χ2v) is 9.65. The van der Waals surface area contributed by atoms with Gasteiger partial charge in [0.05, 0.1) is 34.4 Å². The SMILES string of the molecule is CCOCCn1c(=NC(=O)c2ccc(C(=O)OC)cc2)sc2cc(S(C)(=O)=O)ccc21. The van der Waals surface area contributed by atoms with Crippen molar-refractivity contribution < 1.29 is 27.5 Å². The molecule has 0 fully saturated rings. The molecular formula is C21H22N2O6S2. The van der Waals surface area contributed by atoms with E-state index >= 15 is 0 Å². The average molecular weight is 463 g/mol. The van der Waals surface area contributed by atoms with E-state index in [1.807, 2.05) is 11.5 Å². The zero-order valence-electron chi connectivity index (χ0n) is 17.3. The molecule has 164 valence electrons. The first-order chi connectivity index (χ1) is 14.7. The quantitative estimate of drug-likeness (QED) is 0.395. The van der Waals surface area contributed by atoms with Gasteiger partial charge in [-0.25, -0.2) is 13.2 Å². The van der Waals surface area contributed by atoms with Gasteiger partial charge in [0, 0.05) is 25.0 Å². The first-order valence-electron chi connectivity index (χ1n) is 9.43. The predicted molar refractivity (Wildman–Crippen MR) is 117 cm³/mol. The minimum absolute atomic E-state index is 0.203. The van der Waals surface area contributed by atoms with Crippen LogP contribution in [0.3, 0.4) is 0 Å². The summed E-state index contributed by atoms with van der Waals surface area (Å²) in [6.07, 6.45) is 1.15. The Morgan fingerprint density at radius 2 is 1.77 bits per heavy atom. The van der Waals surface area contributed by atoms with Crippen LogP contribution in [0.15, 0.2) is 52.4 Å². The molecule has 3 rings (SSSR count). The summed E-state index contributed by atoms with van der Waals surface area (Å²) < 4.78 is 36.5. The topological polar surface area (TPSA) is 104 Å². The van der Waals surface area contributed by atoms with Crippen molar-refractivity contribution >= 4 is 43.3 Å². The number of rotatable bonds is 7. The van der Waals surface area contributed by atoms with Crippen molar-refractivity contribution in [2.75, 3.05) is 26.6 Å². The Morgan fingerprint density at radius 3 is 2.39 bits per heavy atom. The lowest BCUT2D eigenvalue weighted by molar-refractivity contribution is 0.0600. The van der Waals surface area contributed by atoms with Gasteiger partial charge < -0.3 is 14.0 Å². The summed E-state index contributed by atoms with van der Waals surface area (Å²) in [7, 11) is -2.07. The van der Waals surface area contributed by atoms with Crippen LogP contribution in [0.5, 0.6) is 0 Å². The van der Waals surface area contributed by atoms with Crippen LogP contribution in [0.4, 0.5) is 0 Å². The summed E-state index contributed by atoms with van der Waals surface area (Å²) in [6, 6.07) is 10.9. The van der Waals surface area contributed by atoms with Crippen molar-refractivity contribution in [3.8, 4) is 0 Å². The van der Waals surface area contributed by atoms with Crippen LogP contribution in [-0.4, -0.2) is 51.4 Å². The highest BCUT2D eigenvalue weighted by molar-refractivity contribution is 7.90. The maximum absolute atomic E-state index is 12.7. The average Bonchev–Trinajstić information content (AvgIpc) is 3.09. The molecule has 0 bridgehead atoms. The number of amides is 1. The van der Waals surface area contributed by atoms with Gasteiger partial charge in [0.25, 0.3) is 5.91 Å². The Kier molecular flexibility index (Phi) is 7.04. The Morgan fingerprint density at radius 1 is 1.10 bits per heavy atom. The van der Waals surface area contributed by atoms with Gasteiger partial charge in [0.15, 0.2) is 14.6 Å². The normalized spacial score (nSPS) is 12.3. The minimum atomic E-state index is -3.36. The van der Waals surface area contributed by atoms with E-state index in [0.717, 1.165) is 11.8 Å². The first kappa shape index (κ1) is 22.9. The smallest absolute Gasteiger partial charge is 0.337 e. The number of ether oxygens (including phenoxy) is 2. The van der Waals surface area contributed by atoms with Gasteiger partial charge in [-0.2, -0.15) is 4.99 Å². The van der Waals surface area contributed by atoms with Crippen molar-refractivity contribution in [3.05, 3.63) is 58.4 Å². The van der Waals surface area contributed by atoms with Gasteiger partial charge in [-0.15, -0.1) is 0 Å². The van der Waals surface area contributed by atoms with Crippen LogP contribution < -0.4 is 4.80 Å². The molecule has 3 aromatic rings. The molecular weight excluding hydrogens is 440 g/mol. The number of hydrogen-bond acceptors (Lipinski definition) is 7. The minimum Gasteiger partial charge on any atom is -0.465 e. The third-order valence-electron chi connectivity index (χ3n) is 4.50. The summed E-state index contributed by atoms with van der Waals surface area (Å²) in [5, 5.41) is 0. The standard InChI is InChI=1S/C21H22N2O6S2/c1-4-29-12-11-23-17-10-9-16(31(3,26)27)13-18(17)30-21(23)22-19(24)14-5-7-15(8-6-14)20(25)28-2/h5-10,13H,4,11-12H2,1-3H3. The first-order valence-corrected chi connectivity index (χ1v) is 12.1. The van der Waals surface area contributed by atoms with E-state index in [1.165, 1.54) is 42.7 Å². The molecule has 31 heavy (non-hydrogen) atoms. The van der Waals surface area contributed by atoms with E-state index in [-0.39, 0.29) is 4.90 Å². The van der Waals surface area contributed by atoms with Gasteiger partial charge in [0.1, 0.15) is 0 Å². The van der Waals surface area contributed by atoms with Crippen LogP contribution in [0.25, 0.3) is 10.2 Å². The van der Waals surface area contributed by atoms with Gasteiger partial charge in [-0.05, 0) is 49.4 Å². The van der Waals surface area contributed by atoms with Gasteiger partial charge in [-0.1, -0.05) is 11.3 Å². The molecule has 1 amide bonds. The monoisotopic (exact) mass is 462 g/mol. The van der Waals surface area contributed by atoms with Gasteiger partial charge in [-0.3, -0.25) is 4.79 Å². The number of carbonyl (C=O) groups excluding carboxylic acids is 2. The summed E-state index contributed by atoms with van der Waals surface area (Å²) in [5.41, 5.74) is 1.42. The number of aromatic nitrogens is 1. The van der Waals surface area contributed by atoms with Crippen molar-refractivity contribution in [3.63, 3.8) is 0 Å². The number of hydrogen-bond donors (Lipinski definition) is 0. The summed E-state index contributed by atoms with van der Waals surface area (Å²) in [6.45, 7) is 3.32. The number of nitrogens with zero attached hydrogens (tertiary/aromatic N) is 2. The number of fused-ring (bicyclic) bond motifs is 1. The number of thiazole rings is 1. The van der Waals surface area contributed by atoms with E-state index in [4.69, 9.17) is 4.74 Å². The molecule has 0 aliphatic heterocycles. The molecule has 0 saturated carbocycles. The number of benzene rings is 2. The molecule has 1 heterocycles. The fourth-order valence-corrected chi connectivity index (χ4v) is 4.72. The van der Waals surface area contributed by atoms with Gasteiger partial charge >= 0.3 is 5.97 Å². The number of methoxy groups -OCH3 is 1. The van der Waals surface area contributed by atoms with Crippen molar-refractivity contribution in [1.82, 2.24) is 4.57 Å². The maximum Gasteiger partial charge on any atom is 0.337 e. The third-order valence-corrected chi connectivity index (χ3v) is 6.65. The number of carbonyl (C=O) groups is 2. The lowest BCUT2D eigenvalue weighted by Crippen LogP contribution is -2.19. The molecule has 10 heteroatoms. The van der Waals surface area contributed by atoms with E-state index < -0.39 is 21.7 Å². The van der Waals surface area contributed by atoms with Crippen molar-refractivity contribution in [2.45, 2.75) is 18.4 Å². The van der Waals surface area contributed by atoms with Crippen LogP contribution in [0, 0.1) is 0 Å². The molecule has 0 spiro atoms. The lowest BCUT2D eigenvalue weighted by atomic mass is 10.1. The summed E-state index contributed by atoms with van der Waals surface area (Å²) in [4.78, 5) is 29.2. The van der Waals surface area contributed by atoms with Crippen molar-refractivity contribution in [1.29, 1.82) is 0 Å². The molecule has 0 aliphatic rings. The second-order valence-electron chi connectivity index (χ2n) is 6.62. The number of sulfone groups is 1. The van der Waals surface area contributed by atoms with Crippen LogP contribution >= 0.6 is 11.3 Å². The van der Waals surface area contributed by atoms with E-state index in [9.17, 15) is 18.0 Å². The maximum atomic E-state index is 12.7. The molecule has 2 aromatic carbocycles. The molecule has 8 nitrogen and oxygen atoms in total. The van der Waals surface area contributed by atoms with Crippen LogP contribution in [0.2, 0.25) is 0 Å². The third kappa shape index (κ3) is 5.27. The molecule has 0 N–H and O–H groups in total. The zero-order chi connectivity index (χ0) is 22.6. The second kappa shape index (κ2) is 9.54. The van der Waals surface area contributed by atoms with Gasteiger partial charge in [0.2, 0.25) is 0 Å². The largest absolute Gasteiger partial charge is 0.465 e. The number of esters is 1. The van der Waals surface area contributed by atoms with Crippen LogP contribution in [0.1, 0.15) is 27.6 Å². The zero-order valence-corrected chi connectivity index (χ0v) is 19.0.